The van der Waals surface area contributed by atoms with Gasteiger partial charge in [-0.3, -0.25) is 20.1 Å². The van der Waals surface area contributed by atoms with Crippen molar-refractivity contribution in [2.24, 2.45) is 0 Å². The maximum Gasteiger partial charge on any atom is 0.222 e. The van der Waals surface area contributed by atoms with Crippen LogP contribution in [0.1, 0.15) is 41.9 Å². The Balaban J connectivity index is 1.31. The summed E-state index contributed by atoms with van der Waals surface area (Å²) in [4.78, 5) is 24.3. The molecular weight excluding hydrogens is 436 g/mol. The molecule has 0 bridgehead atoms. The van der Waals surface area contributed by atoms with E-state index in [1.54, 1.807) is 36.7 Å². The van der Waals surface area contributed by atoms with E-state index in [9.17, 15) is 13.6 Å². The molecule has 2 aromatic carbocycles. The van der Waals surface area contributed by atoms with Gasteiger partial charge in [0.05, 0.1) is 0 Å². The fourth-order valence-electron chi connectivity index (χ4n) is 4.03. The Hall–Kier alpha value is -3.58. The summed E-state index contributed by atoms with van der Waals surface area (Å²) in [5, 5.41) is 0. The summed E-state index contributed by atoms with van der Waals surface area (Å²) in [7, 11) is 0. The van der Waals surface area contributed by atoms with E-state index >= 15 is 0 Å². The van der Waals surface area contributed by atoms with Crippen LogP contribution >= 0.6 is 0 Å². The van der Waals surface area contributed by atoms with Gasteiger partial charge in [0.15, 0.2) is 0 Å². The van der Waals surface area contributed by atoms with Gasteiger partial charge in [-0.05, 0) is 59.5 Å². The molecule has 176 valence electrons. The van der Waals surface area contributed by atoms with Crippen molar-refractivity contribution in [3.05, 3.63) is 113 Å². The summed E-state index contributed by atoms with van der Waals surface area (Å²) in [5.74, 6) is -0.692. The minimum absolute atomic E-state index is 0.0563. The summed E-state index contributed by atoms with van der Waals surface area (Å²) in [6, 6.07) is 16.3. The van der Waals surface area contributed by atoms with Crippen LogP contribution in [-0.4, -0.2) is 28.9 Å². The molecule has 2 heterocycles. The number of pyridine rings is 1. The number of hydrogen-bond donors (Lipinski definition) is 1. The zero-order valence-electron chi connectivity index (χ0n) is 18.8. The second kappa shape index (κ2) is 11.5. The van der Waals surface area contributed by atoms with Crippen LogP contribution in [0.25, 0.3) is 0 Å². The number of nitrogens with one attached hydrogen (secondary N) is 1. The zero-order chi connectivity index (χ0) is 23.8. The Morgan fingerprint density at radius 1 is 1.03 bits per heavy atom. The van der Waals surface area contributed by atoms with Crippen molar-refractivity contribution in [3.8, 4) is 0 Å². The number of benzene rings is 2. The molecule has 1 aliphatic rings. The van der Waals surface area contributed by atoms with Crippen molar-refractivity contribution >= 4 is 5.91 Å². The lowest BCUT2D eigenvalue weighted by molar-refractivity contribution is -0.131. The normalized spacial score (nSPS) is 13.6. The third-order valence-electron chi connectivity index (χ3n) is 5.92. The standard InChI is InChI=1S/C27H27F2N3O2/c28-23-7-3-21(4-8-23)26(22-5-9-24(29)10-6-22)11-12-27(33)32-16-13-25(14-17-32)31-34-19-20-2-1-15-30-18-20/h1-10,13,15,18,26,31H,11-12,14,16-17,19H2. The van der Waals surface area contributed by atoms with Gasteiger partial charge >= 0.3 is 0 Å². The molecule has 0 atom stereocenters. The first kappa shape index (κ1) is 23.6. The summed E-state index contributed by atoms with van der Waals surface area (Å²) in [6.45, 7) is 1.52. The number of aromatic nitrogens is 1. The lowest BCUT2D eigenvalue weighted by Gasteiger charge is -2.27. The van der Waals surface area contributed by atoms with Crippen LogP contribution in [0.2, 0.25) is 0 Å². The van der Waals surface area contributed by atoms with Gasteiger partial charge < -0.3 is 4.90 Å². The second-order valence-electron chi connectivity index (χ2n) is 8.27. The molecule has 1 aliphatic heterocycles. The first-order valence-corrected chi connectivity index (χ1v) is 11.3. The topological polar surface area (TPSA) is 54.5 Å². The van der Waals surface area contributed by atoms with Gasteiger partial charge in [-0.15, -0.1) is 0 Å². The van der Waals surface area contributed by atoms with Gasteiger partial charge in [0.1, 0.15) is 18.2 Å². The molecule has 1 amide bonds. The molecule has 4 rings (SSSR count). The van der Waals surface area contributed by atoms with Crippen LogP contribution in [0.3, 0.4) is 0 Å². The minimum atomic E-state index is -0.313. The van der Waals surface area contributed by atoms with Gasteiger partial charge in [0.25, 0.3) is 0 Å². The van der Waals surface area contributed by atoms with Gasteiger partial charge in [-0.1, -0.05) is 30.3 Å². The minimum Gasteiger partial charge on any atom is -0.339 e. The average molecular weight is 464 g/mol. The third-order valence-corrected chi connectivity index (χ3v) is 5.92. The van der Waals surface area contributed by atoms with E-state index in [2.05, 4.69) is 10.5 Å². The fourth-order valence-corrected chi connectivity index (χ4v) is 4.03. The van der Waals surface area contributed by atoms with E-state index < -0.39 is 0 Å². The molecular formula is C27H27F2N3O2. The van der Waals surface area contributed by atoms with E-state index in [0.717, 1.165) is 22.4 Å². The molecule has 34 heavy (non-hydrogen) atoms. The number of nitrogens with zero attached hydrogens (tertiary/aromatic N) is 2. The molecule has 7 heteroatoms. The smallest absolute Gasteiger partial charge is 0.222 e. The van der Waals surface area contributed by atoms with Crippen LogP contribution < -0.4 is 5.48 Å². The van der Waals surface area contributed by atoms with Crippen molar-refractivity contribution < 1.29 is 18.4 Å². The van der Waals surface area contributed by atoms with Crippen LogP contribution in [0.5, 0.6) is 0 Å². The van der Waals surface area contributed by atoms with Crippen molar-refractivity contribution in [2.75, 3.05) is 13.1 Å². The van der Waals surface area contributed by atoms with Gasteiger partial charge in [-0.25, -0.2) is 8.78 Å². The quantitative estimate of drug-likeness (QED) is 0.448. The van der Waals surface area contributed by atoms with E-state index in [0.29, 0.717) is 39.0 Å². The number of amides is 1. The van der Waals surface area contributed by atoms with Crippen LogP contribution in [0.4, 0.5) is 8.78 Å². The van der Waals surface area contributed by atoms with E-state index in [4.69, 9.17) is 4.84 Å². The monoisotopic (exact) mass is 463 g/mol. The number of rotatable bonds is 9. The summed E-state index contributed by atoms with van der Waals surface area (Å²) < 4.78 is 26.9. The Labute approximate surface area is 198 Å². The second-order valence-corrected chi connectivity index (χ2v) is 8.27. The summed E-state index contributed by atoms with van der Waals surface area (Å²) in [6.07, 6.45) is 7.00. The van der Waals surface area contributed by atoms with Crippen molar-refractivity contribution in [1.82, 2.24) is 15.4 Å². The van der Waals surface area contributed by atoms with E-state index in [1.807, 2.05) is 23.1 Å². The Morgan fingerprint density at radius 2 is 1.71 bits per heavy atom. The van der Waals surface area contributed by atoms with Gasteiger partial charge in [-0.2, -0.15) is 0 Å². The third kappa shape index (κ3) is 6.48. The first-order chi connectivity index (χ1) is 16.6. The number of hydrogen-bond acceptors (Lipinski definition) is 4. The molecule has 0 saturated heterocycles. The number of halogens is 2. The highest BCUT2D eigenvalue weighted by Gasteiger charge is 2.21. The predicted molar refractivity (Wildman–Crippen MR) is 125 cm³/mol. The first-order valence-electron chi connectivity index (χ1n) is 11.3. The van der Waals surface area contributed by atoms with E-state index in [1.165, 1.54) is 24.3 Å². The molecule has 0 spiro atoms. The van der Waals surface area contributed by atoms with Gasteiger partial charge in [0, 0.05) is 49.9 Å². The predicted octanol–water partition coefficient (Wildman–Crippen LogP) is 5.11. The molecule has 0 fully saturated rings. The maximum absolute atomic E-state index is 13.4. The Kier molecular flexibility index (Phi) is 7.99. The number of carbonyl (C=O) groups excluding carboxylic acids is 1. The SMILES string of the molecule is O=C(CCC(c1ccc(F)cc1)c1ccc(F)cc1)N1CC=C(NOCc2cccnc2)CC1. The zero-order valence-corrected chi connectivity index (χ0v) is 18.8. The molecule has 0 aliphatic carbocycles. The highest BCUT2D eigenvalue weighted by Crippen LogP contribution is 2.30. The average Bonchev–Trinajstić information content (AvgIpc) is 2.87. The summed E-state index contributed by atoms with van der Waals surface area (Å²) in [5.41, 5.74) is 6.69. The highest BCUT2D eigenvalue weighted by molar-refractivity contribution is 5.76. The molecule has 5 nitrogen and oxygen atoms in total. The number of carbonyl (C=O) groups is 1. The van der Waals surface area contributed by atoms with Crippen LogP contribution in [0, 0.1) is 11.6 Å². The molecule has 3 aromatic rings. The van der Waals surface area contributed by atoms with Gasteiger partial charge in [0.2, 0.25) is 5.91 Å². The number of hydroxylamine groups is 1. The Morgan fingerprint density at radius 3 is 2.26 bits per heavy atom. The van der Waals surface area contributed by atoms with Crippen molar-refractivity contribution in [2.45, 2.75) is 31.8 Å². The molecule has 0 unspecified atom stereocenters. The molecule has 0 radical (unpaired) electrons. The molecule has 1 N–H and O–H groups in total. The lowest BCUT2D eigenvalue weighted by Crippen LogP contribution is -2.36. The molecule has 1 aromatic heterocycles. The van der Waals surface area contributed by atoms with Crippen molar-refractivity contribution in [1.29, 1.82) is 0 Å². The molecule has 0 saturated carbocycles. The van der Waals surface area contributed by atoms with Crippen LogP contribution in [-0.2, 0) is 16.2 Å². The maximum atomic E-state index is 13.4. The largest absolute Gasteiger partial charge is 0.339 e. The Bertz CT molecular complexity index is 1060. The van der Waals surface area contributed by atoms with Crippen molar-refractivity contribution in [3.63, 3.8) is 0 Å². The van der Waals surface area contributed by atoms with E-state index in [-0.39, 0.29) is 23.5 Å². The highest BCUT2D eigenvalue weighted by atomic mass is 19.1. The van der Waals surface area contributed by atoms with Crippen LogP contribution in [0.15, 0.2) is 84.8 Å². The summed E-state index contributed by atoms with van der Waals surface area (Å²) >= 11 is 0. The lowest BCUT2D eigenvalue weighted by atomic mass is 9.87. The fraction of sp³-hybridized carbons (Fsp3) is 0.259.